The number of rotatable bonds is 3. The molecule has 2 amide bonds. The number of nitrogens with one attached hydrogen (secondary N) is 2. The van der Waals surface area contributed by atoms with Gasteiger partial charge in [0, 0.05) is 12.2 Å². The molecule has 2 N–H and O–H groups in total. The third-order valence-corrected chi connectivity index (χ3v) is 2.24. The highest BCUT2D eigenvalue weighted by atomic mass is 19.4. The third-order valence-electron chi connectivity index (χ3n) is 2.24. The minimum absolute atomic E-state index is 0.0140. The second-order valence-electron chi connectivity index (χ2n) is 3.75. The van der Waals surface area contributed by atoms with Gasteiger partial charge in [0.15, 0.2) is 0 Å². The van der Waals surface area contributed by atoms with Crippen LogP contribution in [0.3, 0.4) is 0 Å². The van der Waals surface area contributed by atoms with Crippen LogP contribution in [0.25, 0.3) is 0 Å². The molecule has 0 aliphatic carbocycles. The van der Waals surface area contributed by atoms with Crippen molar-refractivity contribution < 1.29 is 18.0 Å². The van der Waals surface area contributed by atoms with Gasteiger partial charge in [-0.05, 0) is 24.6 Å². The number of alkyl halides is 3. The zero-order chi connectivity index (χ0) is 14.5. The molecule has 0 spiro atoms. The van der Waals surface area contributed by atoms with Gasteiger partial charge in [0.2, 0.25) is 0 Å². The molecule has 1 rings (SSSR count). The second-order valence-corrected chi connectivity index (χ2v) is 3.75. The summed E-state index contributed by atoms with van der Waals surface area (Å²) < 4.78 is 38.0. The highest BCUT2D eigenvalue weighted by Crippen LogP contribution is 2.33. The lowest BCUT2D eigenvalue weighted by Gasteiger charge is -2.12. The summed E-state index contributed by atoms with van der Waals surface area (Å²) in [6.07, 6.45) is -3.92. The molecule has 19 heavy (non-hydrogen) atoms. The number of amides is 2. The number of nitrogens with zero attached hydrogens (tertiary/aromatic N) is 1. The van der Waals surface area contributed by atoms with E-state index >= 15 is 0 Å². The maximum absolute atomic E-state index is 12.7. The van der Waals surface area contributed by atoms with Crippen molar-refractivity contribution in [2.45, 2.75) is 19.5 Å². The number of benzene rings is 1. The van der Waals surface area contributed by atoms with Crippen LogP contribution in [-0.4, -0.2) is 12.6 Å². The Morgan fingerprint density at radius 2 is 2.11 bits per heavy atom. The number of hydrogen-bond acceptors (Lipinski definition) is 2. The third kappa shape index (κ3) is 4.17. The van der Waals surface area contributed by atoms with E-state index < -0.39 is 23.3 Å². The average molecular weight is 271 g/mol. The Bertz CT molecular complexity index is 506. The Hall–Kier alpha value is -2.23. The average Bonchev–Trinajstić information content (AvgIpc) is 2.35. The molecule has 0 radical (unpaired) electrons. The predicted octanol–water partition coefficient (Wildman–Crippen LogP) is 3.11. The van der Waals surface area contributed by atoms with Crippen molar-refractivity contribution in [3.05, 3.63) is 29.3 Å². The summed E-state index contributed by atoms with van der Waals surface area (Å²) in [5.41, 5.74) is -1.56. The largest absolute Gasteiger partial charge is 0.417 e. The fraction of sp³-hybridized carbons (Fsp3) is 0.333. The Kier molecular flexibility index (Phi) is 4.75. The summed E-state index contributed by atoms with van der Waals surface area (Å²) in [6, 6.07) is 3.90. The van der Waals surface area contributed by atoms with Crippen molar-refractivity contribution in [2.75, 3.05) is 11.9 Å². The van der Waals surface area contributed by atoms with Crippen molar-refractivity contribution >= 4 is 11.7 Å². The Balaban J connectivity index is 2.94. The van der Waals surface area contributed by atoms with Gasteiger partial charge in [-0.1, -0.05) is 6.92 Å². The molecule has 102 valence electrons. The molecule has 0 bridgehead atoms. The molecular formula is C12H12F3N3O. The van der Waals surface area contributed by atoms with Crippen LogP contribution in [0.15, 0.2) is 18.2 Å². The number of carbonyl (C=O) groups is 1. The molecule has 0 aliphatic heterocycles. The van der Waals surface area contributed by atoms with Crippen LogP contribution in [0, 0.1) is 11.3 Å². The summed E-state index contributed by atoms with van der Waals surface area (Å²) in [5.74, 6) is 0. The summed E-state index contributed by atoms with van der Waals surface area (Å²) in [5, 5.41) is 13.4. The summed E-state index contributed by atoms with van der Waals surface area (Å²) >= 11 is 0. The minimum atomic E-state index is -4.64. The van der Waals surface area contributed by atoms with Gasteiger partial charge in [0.25, 0.3) is 0 Å². The van der Waals surface area contributed by atoms with Crippen LogP contribution in [0.2, 0.25) is 0 Å². The van der Waals surface area contributed by atoms with Crippen molar-refractivity contribution in [1.29, 1.82) is 5.26 Å². The first-order valence-electron chi connectivity index (χ1n) is 5.54. The van der Waals surface area contributed by atoms with Crippen LogP contribution >= 0.6 is 0 Å². The molecule has 0 heterocycles. The fourth-order valence-corrected chi connectivity index (χ4v) is 1.37. The van der Waals surface area contributed by atoms with E-state index in [-0.39, 0.29) is 5.69 Å². The lowest BCUT2D eigenvalue weighted by molar-refractivity contribution is -0.137. The molecule has 0 aliphatic rings. The van der Waals surface area contributed by atoms with Gasteiger partial charge in [-0.3, -0.25) is 0 Å². The monoisotopic (exact) mass is 271 g/mol. The van der Waals surface area contributed by atoms with Gasteiger partial charge in [-0.2, -0.15) is 18.4 Å². The van der Waals surface area contributed by atoms with E-state index in [2.05, 4.69) is 10.6 Å². The van der Waals surface area contributed by atoms with Gasteiger partial charge >= 0.3 is 12.2 Å². The van der Waals surface area contributed by atoms with Gasteiger partial charge in [0.05, 0.1) is 17.2 Å². The smallest absolute Gasteiger partial charge is 0.338 e. The Morgan fingerprint density at radius 3 is 2.63 bits per heavy atom. The van der Waals surface area contributed by atoms with E-state index in [9.17, 15) is 18.0 Å². The van der Waals surface area contributed by atoms with Crippen molar-refractivity contribution in [1.82, 2.24) is 5.32 Å². The number of nitriles is 1. The standard InChI is InChI=1S/C12H12F3N3O/c1-2-5-17-11(19)18-9-4-3-8(7-16)10(6-9)12(13,14)15/h3-4,6H,2,5H2,1H3,(H2,17,18,19). The van der Waals surface area contributed by atoms with Gasteiger partial charge in [-0.25, -0.2) is 4.79 Å². The van der Waals surface area contributed by atoms with Crippen LogP contribution in [0.1, 0.15) is 24.5 Å². The Labute approximate surface area is 108 Å². The predicted molar refractivity (Wildman–Crippen MR) is 63.5 cm³/mol. The van der Waals surface area contributed by atoms with E-state index in [4.69, 9.17) is 5.26 Å². The normalized spacial score (nSPS) is 10.7. The van der Waals surface area contributed by atoms with E-state index in [0.717, 1.165) is 12.1 Å². The molecule has 1 aromatic rings. The summed E-state index contributed by atoms with van der Waals surface area (Å²) in [6.45, 7) is 2.28. The molecule has 0 saturated carbocycles. The summed E-state index contributed by atoms with van der Waals surface area (Å²) in [4.78, 5) is 11.3. The second kappa shape index (κ2) is 6.09. The van der Waals surface area contributed by atoms with Crippen LogP contribution in [-0.2, 0) is 6.18 Å². The topological polar surface area (TPSA) is 64.9 Å². The summed E-state index contributed by atoms with van der Waals surface area (Å²) in [7, 11) is 0. The Morgan fingerprint density at radius 1 is 1.42 bits per heavy atom. The van der Waals surface area contributed by atoms with Gasteiger partial charge in [0.1, 0.15) is 0 Å². The number of carbonyl (C=O) groups excluding carboxylic acids is 1. The van der Waals surface area contributed by atoms with Crippen molar-refractivity contribution in [3.8, 4) is 6.07 Å². The highest BCUT2D eigenvalue weighted by Gasteiger charge is 2.33. The van der Waals surface area contributed by atoms with Gasteiger partial charge < -0.3 is 10.6 Å². The molecule has 0 atom stereocenters. The zero-order valence-corrected chi connectivity index (χ0v) is 10.1. The zero-order valence-electron chi connectivity index (χ0n) is 10.1. The number of anilines is 1. The quantitative estimate of drug-likeness (QED) is 0.887. The lowest BCUT2D eigenvalue weighted by Crippen LogP contribution is -2.29. The van der Waals surface area contributed by atoms with Gasteiger partial charge in [-0.15, -0.1) is 0 Å². The van der Waals surface area contributed by atoms with E-state index in [1.54, 1.807) is 0 Å². The number of hydrogen-bond donors (Lipinski definition) is 2. The van der Waals surface area contributed by atoms with Crippen molar-refractivity contribution in [3.63, 3.8) is 0 Å². The van der Waals surface area contributed by atoms with Crippen LogP contribution < -0.4 is 10.6 Å². The molecule has 0 aromatic heterocycles. The van der Waals surface area contributed by atoms with E-state index in [0.29, 0.717) is 13.0 Å². The number of halogens is 3. The highest BCUT2D eigenvalue weighted by molar-refractivity contribution is 5.89. The van der Waals surface area contributed by atoms with Crippen LogP contribution in [0.5, 0.6) is 0 Å². The van der Waals surface area contributed by atoms with E-state index in [1.807, 2.05) is 6.92 Å². The maximum Gasteiger partial charge on any atom is 0.417 e. The molecule has 0 fully saturated rings. The first kappa shape index (κ1) is 14.8. The molecule has 4 nitrogen and oxygen atoms in total. The first-order valence-corrected chi connectivity index (χ1v) is 5.54. The fourth-order valence-electron chi connectivity index (χ4n) is 1.37. The van der Waals surface area contributed by atoms with Crippen molar-refractivity contribution in [2.24, 2.45) is 0 Å². The first-order chi connectivity index (χ1) is 8.88. The van der Waals surface area contributed by atoms with Crippen LogP contribution in [0.4, 0.5) is 23.7 Å². The SMILES string of the molecule is CCCNC(=O)Nc1ccc(C#N)c(C(F)(F)F)c1. The minimum Gasteiger partial charge on any atom is -0.338 e. The molecule has 0 unspecified atom stereocenters. The maximum atomic E-state index is 12.7. The molecule has 7 heteroatoms. The lowest BCUT2D eigenvalue weighted by atomic mass is 10.1. The molecular weight excluding hydrogens is 259 g/mol. The van der Waals surface area contributed by atoms with E-state index in [1.165, 1.54) is 12.1 Å². The number of urea groups is 1. The molecule has 0 saturated heterocycles. The molecule has 1 aromatic carbocycles.